The Morgan fingerprint density at radius 3 is 2.33 bits per heavy atom. The maximum absolute atomic E-state index is 5.74. The summed E-state index contributed by atoms with van der Waals surface area (Å²) in [6, 6.07) is 13.2. The first-order chi connectivity index (χ1) is 10.1. The molecule has 1 aromatic heterocycles. The quantitative estimate of drug-likeness (QED) is 0.916. The van der Waals surface area contributed by atoms with Crippen LogP contribution < -0.4 is 5.73 Å². The first kappa shape index (κ1) is 14.2. The van der Waals surface area contributed by atoms with Crippen LogP contribution in [0.5, 0.6) is 0 Å². The zero-order valence-corrected chi connectivity index (χ0v) is 12.8. The van der Waals surface area contributed by atoms with Gasteiger partial charge in [-0.3, -0.25) is 0 Å². The van der Waals surface area contributed by atoms with E-state index in [1.165, 1.54) is 24.0 Å². The van der Waals surface area contributed by atoms with E-state index in [4.69, 9.17) is 5.73 Å². The van der Waals surface area contributed by atoms with Crippen molar-refractivity contribution < 1.29 is 0 Å². The van der Waals surface area contributed by atoms with Gasteiger partial charge < -0.3 is 5.73 Å². The van der Waals surface area contributed by atoms with Gasteiger partial charge in [-0.05, 0) is 55.5 Å². The van der Waals surface area contributed by atoms with Crippen molar-refractivity contribution in [1.29, 1.82) is 0 Å². The van der Waals surface area contributed by atoms with Crippen molar-refractivity contribution in [2.45, 2.75) is 44.4 Å². The van der Waals surface area contributed by atoms with Crippen molar-refractivity contribution >= 4 is 0 Å². The third kappa shape index (κ3) is 2.98. The number of nitrogens with two attached hydrogens (primary N) is 1. The monoisotopic (exact) mass is 281 g/mol. The first-order valence-corrected chi connectivity index (χ1v) is 7.73. The highest BCUT2D eigenvalue weighted by Crippen LogP contribution is 2.50. The van der Waals surface area contributed by atoms with Crippen LogP contribution >= 0.6 is 0 Å². The minimum Gasteiger partial charge on any atom is -0.330 e. The molecule has 2 N–H and O–H groups in total. The molecule has 3 rings (SSSR count). The molecule has 0 amide bonds. The van der Waals surface area contributed by atoms with Crippen LogP contribution in [0.1, 0.15) is 48.2 Å². The molecule has 0 radical (unpaired) electrons. The van der Waals surface area contributed by atoms with Crippen LogP contribution in [0.4, 0.5) is 0 Å². The Morgan fingerprint density at radius 2 is 1.81 bits per heavy atom. The highest BCUT2D eigenvalue weighted by molar-refractivity contribution is 5.36. The number of nitrogens with zero attached hydrogens (tertiary/aromatic N) is 2. The second-order valence-corrected chi connectivity index (χ2v) is 6.38. The lowest BCUT2D eigenvalue weighted by Crippen LogP contribution is -2.13. The van der Waals surface area contributed by atoms with E-state index < -0.39 is 0 Å². The molecule has 1 fully saturated rings. The molecule has 1 unspecified atom stereocenters. The first-order valence-electron chi connectivity index (χ1n) is 7.73. The van der Waals surface area contributed by atoms with E-state index in [2.05, 4.69) is 47.5 Å². The third-order valence-electron chi connectivity index (χ3n) is 4.67. The van der Waals surface area contributed by atoms with Crippen molar-refractivity contribution in [2.24, 2.45) is 5.73 Å². The molecule has 1 aliphatic rings. The molecule has 21 heavy (non-hydrogen) atoms. The standard InChI is InChI=1S/C18H23N3/c1-13(12-19)15-4-6-16(7-5-15)18(9-10-18)11-17-8-3-14(2)20-21-17/h3-8,13H,9-12,19H2,1-2H3. The molecule has 0 aliphatic heterocycles. The fraction of sp³-hybridized carbons (Fsp3) is 0.444. The van der Waals surface area contributed by atoms with Gasteiger partial charge in [-0.1, -0.05) is 31.2 Å². The molecule has 1 atom stereocenters. The van der Waals surface area contributed by atoms with Crippen molar-refractivity contribution in [3.8, 4) is 0 Å². The van der Waals surface area contributed by atoms with Crippen molar-refractivity contribution in [3.05, 3.63) is 58.9 Å². The van der Waals surface area contributed by atoms with E-state index in [0.717, 1.165) is 17.8 Å². The number of aryl methyl sites for hydroxylation is 1. The summed E-state index contributed by atoms with van der Waals surface area (Å²) in [5, 5.41) is 8.49. The molecular formula is C18H23N3. The van der Waals surface area contributed by atoms with Gasteiger partial charge in [-0.15, -0.1) is 0 Å². The van der Waals surface area contributed by atoms with Crippen LogP contribution in [0.2, 0.25) is 0 Å². The van der Waals surface area contributed by atoms with E-state index in [-0.39, 0.29) is 5.41 Å². The Hall–Kier alpha value is -1.74. The summed E-state index contributed by atoms with van der Waals surface area (Å²) in [6.45, 7) is 4.84. The van der Waals surface area contributed by atoms with Crippen LogP contribution in [-0.2, 0) is 11.8 Å². The summed E-state index contributed by atoms with van der Waals surface area (Å²) in [5.74, 6) is 0.428. The minimum atomic E-state index is 0.286. The predicted molar refractivity (Wildman–Crippen MR) is 85.3 cm³/mol. The van der Waals surface area contributed by atoms with Gasteiger partial charge >= 0.3 is 0 Å². The summed E-state index contributed by atoms with van der Waals surface area (Å²) < 4.78 is 0. The van der Waals surface area contributed by atoms with E-state index in [0.29, 0.717) is 12.5 Å². The lowest BCUT2D eigenvalue weighted by Gasteiger charge is -2.17. The number of benzene rings is 1. The maximum Gasteiger partial charge on any atom is 0.0640 e. The second kappa shape index (κ2) is 5.57. The van der Waals surface area contributed by atoms with Crippen molar-refractivity contribution in [1.82, 2.24) is 10.2 Å². The van der Waals surface area contributed by atoms with Crippen molar-refractivity contribution in [2.75, 3.05) is 6.54 Å². The molecule has 1 saturated carbocycles. The Kier molecular flexibility index (Phi) is 3.77. The maximum atomic E-state index is 5.74. The zero-order valence-electron chi connectivity index (χ0n) is 12.8. The normalized spacial score (nSPS) is 17.5. The Morgan fingerprint density at radius 1 is 1.10 bits per heavy atom. The number of aromatic nitrogens is 2. The molecule has 0 spiro atoms. The molecule has 1 aliphatic carbocycles. The Bertz CT molecular complexity index is 597. The SMILES string of the molecule is Cc1ccc(CC2(c3ccc(C(C)CN)cc3)CC2)nn1. The summed E-state index contributed by atoms with van der Waals surface area (Å²) in [6.07, 6.45) is 3.48. The third-order valence-corrected chi connectivity index (χ3v) is 4.67. The molecule has 2 aromatic rings. The van der Waals surface area contributed by atoms with Crippen LogP contribution in [0, 0.1) is 6.92 Å². The largest absolute Gasteiger partial charge is 0.330 e. The number of hydrogen-bond acceptors (Lipinski definition) is 3. The minimum absolute atomic E-state index is 0.286. The van der Waals surface area contributed by atoms with Crippen molar-refractivity contribution in [3.63, 3.8) is 0 Å². The van der Waals surface area contributed by atoms with Crippen LogP contribution in [0.15, 0.2) is 36.4 Å². The summed E-state index contributed by atoms with van der Waals surface area (Å²) >= 11 is 0. The van der Waals surface area contributed by atoms with Gasteiger partial charge in [0.15, 0.2) is 0 Å². The highest BCUT2D eigenvalue weighted by Gasteiger charge is 2.44. The predicted octanol–water partition coefficient (Wildman–Crippen LogP) is 3.12. The molecular weight excluding hydrogens is 258 g/mol. The van der Waals surface area contributed by atoms with Gasteiger partial charge in [-0.25, -0.2) is 0 Å². The Labute approximate surface area is 126 Å². The molecule has 110 valence electrons. The summed E-state index contributed by atoms with van der Waals surface area (Å²) in [5.41, 5.74) is 10.9. The number of hydrogen-bond donors (Lipinski definition) is 1. The van der Waals surface area contributed by atoms with Crippen LogP contribution in [0.3, 0.4) is 0 Å². The van der Waals surface area contributed by atoms with Crippen LogP contribution in [-0.4, -0.2) is 16.7 Å². The fourth-order valence-electron chi connectivity index (χ4n) is 2.89. The van der Waals surface area contributed by atoms with E-state index in [1.54, 1.807) is 0 Å². The topological polar surface area (TPSA) is 51.8 Å². The summed E-state index contributed by atoms with van der Waals surface area (Å²) in [7, 11) is 0. The molecule has 0 saturated heterocycles. The molecule has 3 nitrogen and oxygen atoms in total. The van der Waals surface area contributed by atoms with Gasteiger partial charge in [0.25, 0.3) is 0 Å². The van der Waals surface area contributed by atoms with E-state index in [1.807, 2.05) is 13.0 Å². The van der Waals surface area contributed by atoms with Gasteiger partial charge in [0, 0.05) is 11.8 Å². The average Bonchev–Trinajstić information content (AvgIpc) is 3.30. The van der Waals surface area contributed by atoms with Gasteiger partial charge in [0.2, 0.25) is 0 Å². The van der Waals surface area contributed by atoms with Gasteiger partial charge in [-0.2, -0.15) is 10.2 Å². The molecule has 0 bridgehead atoms. The fourth-order valence-corrected chi connectivity index (χ4v) is 2.89. The lowest BCUT2D eigenvalue weighted by molar-refractivity contribution is 0.660. The highest BCUT2D eigenvalue weighted by atomic mass is 15.1. The summed E-state index contributed by atoms with van der Waals surface area (Å²) in [4.78, 5) is 0. The number of rotatable bonds is 5. The zero-order chi connectivity index (χ0) is 14.9. The second-order valence-electron chi connectivity index (χ2n) is 6.38. The lowest BCUT2D eigenvalue weighted by atomic mass is 9.89. The van der Waals surface area contributed by atoms with Crippen LogP contribution in [0.25, 0.3) is 0 Å². The molecule has 1 heterocycles. The van der Waals surface area contributed by atoms with E-state index in [9.17, 15) is 0 Å². The van der Waals surface area contributed by atoms with Gasteiger partial charge in [0.05, 0.1) is 11.4 Å². The molecule has 1 aromatic carbocycles. The average molecular weight is 281 g/mol. The van der Waals surface area contributed by atoms with E-state index >= 15 is 0 Å². The molecule has 3 heteroatoms. The smallest absolute Gasteiger partial charge is 0.0640 e. The van der Waals surface area contributed by atoms with Gasteiger partial charge in [0.1, 0.15) is 0 Å². The Balaban J connectivity index is 1.77.